The molecule has 0 aliphatic heterocycles. The second-order valence-corrected chi connectivity index (χ2v) is 7.24. The van der Waals surface area contributed by atoms with Crippen molar-refractivity contribution in [1.82, 2.24) is 5.32 Å². The predicted molar refractivity (Wildman–Crippen MR) is 105 cm³/mol. The summed E-state index contributed by atoms with van der Waals surface area (Å²) in [6, 6.07) is 14.9. The van der Waals surface area contributed by atoms with Crippen molar-refractivity contribution in [3.8, 4) is 0 Å². The Hall–Kier alpha value is -2.27. The van der Waals surface area contributed by atoms with E-state index in [0.29, 0.717) is 5.56 Å². The molecule has 0 saturated heterocycles. The topological polar surface area (TPSA) is 55.4 Å². The van der Waals surface area contributed by atoms with E-state index in [1.54, 1.807) is 11.8 Å². The molecule has 0 aliphatic carbocycles. The summed E-state index contributed by atoms with van der Waals surface area (Å²) >= 11 is 1.59. The maximum atomic E-state index is 12.8. The van der Waals surface area contributed by atoms with Gasteiger partial charge in [-0.3, -0.25) is 9.59 Å². The van der Waals surface area contributed by atoms with Crippen molar-refractivity contribution in [2.75, 3.05) is 6.26 Å². The van der Waals surface area contributed by atoms with Crippen molar-refractivity contribution >= 4 is 23.6 Å². The van der Waals surface area contributed by atoms with E-state index in [-0.39, 0.29) is 24.4 Å². The van der Waals surface area contributed by atoms with Crippen LogP contribution in [0, 0.1) is 6.92 Å². The third kappa shape index (κ3) is 5.63. The third-order valence-corrected chi connectivity index (χ3v) is 4.66. The minimum Gasteiger partial charge on any atom is -0.463 e. The zero-order valence-corrected chi connectivity index (χ0v) is 16.4. The van der Waals surface area contributed by atoms with E-state index in [1.165, 1.54) is 0 Å². The molecule has 5 heteroatoms. The highest BCUT2D eigenvalue weighted by Crippen LogP contribution is 2.22. The molecule has 0 bridgehead atoms. The highest BCUT2D eigenvalue weighted by atomic mass is 32.2. The number of carbonyl (C=O) groups is 2. The number of thioether (sulfide) groups is 1. The molecule has 1 amide bonds. The van der Waals surface area contributed by atoms with Gasteiger partial charge in [0.05, 0.1) is 18.6 Å². The van der Waals surface area contributed by atoms with Gasteiger partial charge in [0.2, 0.25) is 0 Å². The summed E-state index contributed by atoms with van der Waals surface area (Å²) in [6.45, 7) is 5.53. The molecular formula is C21H25NO3S. The second-order valence-electron chi connectivity index (χ2n) is 6.36. The minimum atomic E-state index is -0.438. The van der Waals surface area contributed by atoms with Crippen LogP contribution in [0.4, 0.5) is 0 Å². The lowest BCUT2D eigenvalue weighted by Crippen LogP contribution is -2.31. The average molecular weight is 372 g/mol. The second kappa shape index (κ2) is 9.43. The van der Waals surface area contributed by atoms with E-state index in [1.807, 2.05) is 75.6 Å². The molecule has 2 aromatic carbocycles. The van der Waals surface area contributed by atoms with Crippen molar-refractivity contribution in [2.45, 2.75) is 44.2 Å². The number of hydrogen-bond donors (Lipinski definition) is 1. The van der Waals surface area contributed by atoms with Gasteiger partial charge in [-0.05, 0) is 50.3 Å². The summed E-state index contributed by atoms with van der Waals surface area (Å²) in [7, 11) is 0. The van der Waals surface area contributed by atoms with Crippen LogP contribution in [0.3, 0.4) is 0 Å². The van der Waals surface area contributed by atoms with Crippen molar-refractivity contribution in [3.05, 3.63) is 65.2 Å². The number of ether oxygens (including phenoxy) is 1. The van der Waals surface area contributed by atoms with Crippen LogP contribution in [0.15, 0.2) is 53.4 Å². The maximum Gasteiger partial charge on any atom is 0.308 e. The van der Waals surface area contributed by atoms with Gasteiger partial charge in [0, 0.05) is 10.5 Å². The van der Waals surface area contributed by atoms with Crippen LogP contribution in [0.1, 0.15) is 47.8 Å². The Bertz CT molecular complexity index is 759. The van der Waals surface area contributed by atoms with Gasteiger partial charge in [0.25, 0.3) is 5.91 Å². The summed E-state index contributed by atoms with van der Waals surface area (Å²) in [5.41, 5.74) is 2.40. The average Bonchev–Trinajstić information content (AvgIpc) is 2.61. The molecular weight excluding hydrogens is 346 g/mol. The summed E-state index contributed by atoms with van der Waals surface area (Å²) in [5.74, 6) is -0.520. The molecule has 26 heavy (non-hydrogen) atoms. The van der Waals surface area contributed by atoms with Gasteiger partial charge in [0.1, 0.15) is 0 Å². The molecule has 0 heterocycles. The Labute approximate surface area is 159 Å². The first-order valence-electron chi connectivity index (χ1n) is 8.60. The van der Waals surface area contributed by atoms with Crippen molar-refractivity contribution in [1.29, 1.82) is 0 Å². The summed E-state index contributed by atoms with van der Waals surface area (Å²) in [4.78, 5) is 26.0. The Morgan fingerprint density at radius 1 is 1.12 bits per heavy atom. The third-order valence-electron chi connectivity index (χ3n) is 3.93. The Balaban J connectivity index is 2.23. The highest BCUT2D eigenvalue weighted by molar-refractivity contribution is 7.98. The van der Waals surface area contributed by atoms with Gasteiger partial charge >= 0.3 is 5.97 Å². The molecule has 2 rings (SSSR count). The van der Waals surface area contributed by atoms with Crippen LogP contribution >= 0.6 is 11.8 Å². The molecule has 4 nitrogen and oxygen atoms in total. The largest absolute Gasteiger partial charge is 0.463 e. The number of hydrogen-bond acceptors (Lipinski definition) is 4. The highest BCUT2D eigenvalue weighted by Gasteiger charge is 2.21. The summed E-state index contributed by atoms with van der Waals surface area (Å²) in [5, 5.41) is 3.00. The van der Waals surface area contributed by atoms with Crippen LogP contribution in [-0.4, -0.2) is 24.2 Å². The first-order chi connectivity index (χ1) is 12.4. The summed E-state index contributed by atoms with van der Waals surface area (Å²) < 4.78 is 5.26. The fourth-order valence-electron chi connectivity index (χ4n) is 2.62. The first kappa shape index (κ1) is 20.0. The molecule has 2 aromatic rings. The zero-order valence-electron chi connectivity index (χ0n) is 15.6. The van der Waals surface area contributed by atoms with Gasteiger partial charge < -0.3 is 10.1 Å². The number of esters is 1. The molecule has 1 unspecified atom stereocenters. The smallest absolute Gasteiger partial charge is 0.308 e. The number of benzene rings is 2. The fraction of sp³-hybridized carbons (Fsp3) is 0.333. The number of nitrogens with one attached hydrogen (secondary N) is 1. The normalized spacial score (nSPS) is 11.9. The zero-order chi connectivity index (χ0) is 19.1. The molecule has 0 aliphatic rings. The Kier molecular flexibility index (Phi) is 7.27. The van der Waals surface area contributed by atoms with Gasteiger partial charge in [-0.1, -0.05) is 36.4 Å². The molecule has 0 saturated carbocycles. The quantitative estimate of drug-likeness (QED) is 0.574. The fourth-order valence-corrected chi connectivity index (χ4v) is 3.06. The van der Waals surface area contributed by atoms with Crippen LogP contribution < -0.4 is 5.32 Å². The molecule has 0 radical (unpaired) electrons. The SMILES string of the molecule is CSc1ccc(C)c(C(=O)NC(CC(=O)OC(C)C)c2ccccc2)c1. The monoisotopic (exact) mass is 371 g/mol. The van der Waals surface area contributed by atoms with E-state index < -0.39 is 6.04 Å². The number of aryl methyl sites for hydroxylation is 1. The van der Waals surface area contributed by atoms with Crippen molar-refractivity contribution in [2.24, 2.45) is 0 Å². The first-order valence-corrected chi connectivity index (χ1v) is 9.83. The molecule has 0 spiro atoms. The number of rotatable bonds is 7. The van der Waals surface area contributed by atoms with Gasteiger partial charge in [0.15, 0.2) is 0 Å². The van der Waals surface area contributed by atoms with Gasteiger partial charge in [-0.2, -0.15) is 0 Å². The minimum absolute atomic E-state index is 0.0925. The standard InChI is InChI=1S/C21H25NO3S/c1-14(2)25-20(23)13-19(16-8-6-5-7-9-16)22-21(24)18-12-17(26-4)11-10-15(18)3/h5-12,14,19H,13H2,1-4H3,(H,22,24). The van der Waals surface area contributed by atoms with Crippen LogP contribution in [0.5, 0.6) is 0 Å². The van der Waals surface area contributed by atoms with E-state index in [0.717, 1.165) is 16.0 Å². The van der Waals surface area contributed by atoms with Crippen LogP contribution in [0.25, 0.3) is 0 Å². The molecule has 1 N–H and O–H groups in total. The lowest BCUT2D eigenvalue weighted by Gasteiger charge is -2.20. The van der Waals surface area contributed by atoms with E-state index in [4.69, 9.17) is 4.74 Å². The van der Waals surface area contributed by atoms with Gasteiger partial charge in [-0.25, -0.2) is 0 Å². The number of amides is 1. The Morgan fingerprint density at radius 3 is 2.42 bits per heavy atom. The lowest BCUT2D eigenvalue weighted by molar-refractivity contribution is -0.147. The van der Waals surface area contributed by atoms with Crippen LogP contribution in [-0.2, 0) is 9.53 Å². The van der Waals surface area contributed by atoms with Crippen molar-refractivity contribution < 1.29 is 14.3 Å². The van der Waals surface area contributed by atoms with Crippen molar-refractivity contribution in [3.63, 3.8) is 0 Å². The maximum absolute atomic E-state index is 12.8. The van der Waals surface area contributed by atoms with E-state index >= 15 is 0 Å². The molecule has 0 fully saturated rings. The Morgan fingerprint density at radius 2 is 1.81 bits per heavy atom. The molecule has 1 atom stereocenters. The van der Waals surface area contributed by atoms with E-state index in [2.05, 4.69) is 5.32 Å². The summed E-state index contributed by atoms with van der Waals surface area (Å²) in [6.07, 6.45) is 1.88. The lowest BCUT2D eigenvalue weighted by atomic mass is 10.0. The van der Waals surface area contributed by atoms with E-state index in [9.17, 15) is 9.59 Å². The number of carbonyl (C=O) groups excluding carboxylic acids is 2. The molecule has 0 aromatic heterocycles. The van der Waals surface area contributed by atoms with Crippen LogP contribution in [0.2, 0.25) is 0 Å². The predicted octanol–water partition coefficient (Wildman–Crippen LogP) is 4.53. The molecule has 138 valence electrons. The van der Waals surface area contributed by atoms with Gasteiger partial charge in [-0.15, -0.1) is 11.8 Å².